The van der Waals surface area contributed by atoms with E-state index in [4.69, 9.17) is 0 Å². The van der Waals surface area contributed by atoms with Gasteiger partial charge in [0.25, 0.3) is 0 Å². The zero-order chi connectivity index (χ0) is 4.95. The second kappa shape index (κ2) is 2.76. The smallest absolute Gasteiger partial charge is 0.00771 e. The summed E-state index contributed by atoms with van der Waals surface area (Å²) >= 11 is 0. The Morgan fingerprint density at radius 2 is 2.14 bits per heavy atom. The molecule has 1 heterocycles. The van der Waals surface area contributed by atoms with E-state index >= 15 is 0 Å². The quantitative estimate of drug-likeness (QED) is 0.417. The molecule has 0 unspecified atom stereocenters. The van der Waals surface area contributed by atoms with E-state index in [9.17, 15) is 0 Å². The van der Waals surface area contributed by atoms with Gasteiger partial charge in [-0.25, -0.2) is 0 Å². The molecular weight excluding hydrogens is 103 g/mol. The molecule has 0 nitrogen and oxygen atoms in total. The van der Waals surface area contributed by atoms with Crippen LogP contribution < -0.4 is 0 Å². The molecule has 0 atom stereocenters. The van der Waals surface area contributed by atoms with Gasteiger partial charge in [0.1, 0.15) is 0 Å². The molecule has 0 amide bonds. The molecule has 1 heteroatoms. The highest BCUT2D eigenvalue weighted by molar-refractivity contribution is 7.39. The summed E-state index contributed by atoms with van der Waals surface area (Å²) in [6, 6.07) is 0. The average molecular weight is 110 g/mol. The highest BCUT2D eigenvalue weighted by atomic mass is 31.1. The fraction of sp³-hybridized carbons (Fsp3) is 0.167. The van der Waals surface area contributed by atoms with Gasteiger partial charge in [0, 0.05) is 6.16 Å². The van der Waals surface area contributed by atoms with Crippen molar-refractivity contribution in [1.29, 1.82) is 0 Å². The van der Waals surface area contributed by atoms with Crippen molar-refractivity contribution in [3.63, 3.8) is 0 Å². The summed E-state index contributed by atoms with van der Waals surface area (Å²) in [4.78, 5) is 0. The van der Waals surface area contributed by atoms with Crippen LogP contribution in [0.1, 0.15) is 0 Å². The zero-order valence-electron chi connectivity index (χ0n) is 4.04. The minimum absolute atomic E-state index is 1.17. The van der Waals surface area contributed by atoms with Gasteiger partial charge in [0.15, 0.2) is 0 Å². The maximum Gasteiger partial charge on any atom is 0.00771 e. The van der Waals surface area contributed by atoms with Crippen LogP contribution in [0, 0.1) is 0 Å². The van der Waals surface area contributed by atoms with Crippen LogP contribution in [-0.4, -0.2) is 12.0 Å². The maximum atomic E-state index is 2.17. The largest absolute Gasteiger partial charge is 0.100 e. The lowest BCUT2D eigenvalue weighted by Crippen LogP contribution is -1.53. The molecule has 1 rings (SSSR count). The fourth-order valence-corrected chi connectivity index (χ4v) is 1.02. The van der Waals surface area contributed by atoms with Crippen molar-refractivity contribution < 1.29 is 0 Å². The number of hydrogen-bond donors (Lipinski definition) is 0. The maximum absolute atomic E-state index is 2.17. The minimum Gasteiger partial charge on any atom is -0.100 e. The first-order valence-corrected chi connectivity index (χ1v) is 3.46. The van der Waals surface area contributed by atoms with Crippen molar-refractivity contribution in [3.8, 4) is 0 Å². The molecule has 36 valence electrons. The standard InChI is InChI=1S/C6H7P/c1-2-4-6-7-5-3-1/h1-5H,6H2. The Morgan fingerprint density at radius 1 is 1.14 bits per heavy atom. The second-order valence-electron chi connectivity index (χ2n) is 1.33. The van der Waals surface area contributed by atoms with Crippen LogP contribution in [0.2, 0.25) is 0 Å². The van der Waals surface area contributed by atoms with Crippen molar-refractivity contribution in [2.45, 2.75) is 0 Å². The third-order valence-corrected chi connectivity index (χ3v) is 1.57. The Bertz CT molecular complexity index is 106. The molecule has 0 N–H and O–H groups in total. The molecule has 1 aliphatic rings. The van der Waals surface area contributed by atoms with Gasteiger partial charge < -0.3 is 0 Å². The molecule has 0 saturated heterocycles. The van der Waals surface area contributed by atoms with E-state index in [0.717, 1.165) is 0 Å². The molecule has 0 saturated carbocycles. The molecule has 0 aromatic rings. The average Bonchev–Trinajstić information content (AvgIpc) is 1.90. The van der Waals surface area contributed by atoms with Gasteiger partial charge in [-0.1, -0.05) is 24.3 Å². The van der Waals surface area contributed by atoms with Gasteiger partial charge in [-0.15, -0.1) is 8.20 Å². The van der Waals surface area contributed by atoms with Crippen LogP contribution in [0.25, 0.3) is 0 Å². The summed E-state index contributed by atoms with van der Waals surface area (Å²) in [6.45, 7) is 0. The Hall–Kier alpha value is -0.350. The Balaban J connectivity index is 2.60. The normalized spacial score (nSPS) is 19.4. The predicted octanol–water partition coefficient (Wildman–Crippen LogP) is 1.86. The van der Waals surface area contributed by atoms with Crippen LogP contribution in [0.15, 0.2) is 24.3 Å². The van der Waals surface area contributed by atoms with Crippen LogP contribution in [0.3, 0.4) is 0 Å². The summed E-state index contributed by atoms with van der Waals surface area (Å²) < 4.78 is 0. The van der Waals surface area contributed by atoms with Crippen molar-refractivity contribution in [2.24, 2.45) is 0 Å². The van der Waals surface area contributed by atoms with Crippen molar-refractivity contribution >= 4 is 14.0 Å². The molecule has 0 fully saturated rings. The highest BCUT2D eigenvalue weighted by Crippen LogP contribution is 1.97. The number of hydrogen-bond acceptors (Lipinski definition) is 0. The van der Waals surface area contributed by atoms with Gasteiger partial charge in [-0.05, 0) is 5.80 Å². The topological polar surface area (TPSA) is 0 Å². The van der Waals surface area contributed by atoms with Gasteiger partial charge in [0.2, 0.25) is 0 Å². The first-order valence-electron chi connectivity index (χ1n) is 2.32. The van der Waals surface area contributed by atoms with E-state index in [-0.39, 0.29) is 0 Å². The Morgan fingerprint density at radius 3 is 3.14 bits per heavy atom. The Kier molecular flexibility index (Phi) is 1.89. The minimum atomic E-state index is 1.17. The lowest BCUT2D eigenvalue weighted by molar-refractivity contribution is 1.77. The summed E-state index contributed by atoms with van der Waals surface area (Å²) in [5.41, 5.74) is 0. The summed E-state index contributed by atoms with van der Waals surface area (Å²) in [5.74, 6) is 2.15. The van der Waals surface area contributed by atoms with E-state index in [1.165, 1.54) is 14.4 Å². The molecule has 0 aliphatic carbocycles. The van der Waals surface area contributed by atoms with Gasteiger partial charge >= 0.3 is 0 Å². The van der Waals surface area contributed by atoms with Crippen LogP contribution in [0.4, 0.5) is 0 Å². The van der Waals surface area contributed by atoms with Crippen LogP contribution in [0.5, 0.6) is 0 Å². The van der Waals surface area contributed by atoms with Crippen molar-refractivity contribution in [2.75, 3.05) is 6.16 Å². The monoisotopic (exact) mass is 110 g/mol. The van der Waals surface area contributed by atoms with Gasteiger partial charge in [-0.3, -0.25) is 0 Å². The van der Waals surface area contributed by atoms with E-state index < -0.39 is 0 Å². The predicted molar refractivity (Wildman–Crippen MR) is 36.1 cm³/mol. The molecule has 0 aromatic heterocycles. The summed E-state index contributed by atoms with van der Waals surface area (Å²) in [5, 5.41) is 0. The molecule has 0 radical (unpaired) electrons. The molecular formula is C6H7P. The molecule has 7 heavy (non-hydrogen) atoms. The molecule has 0 bridgehead atoms. The first kappa shape index (κ1) is 4.80. The lowest BCUT2D eigenvalue weighted by Gasteiger charge is -1.68. The molecule has 0 aromatic carbocycles. The number of allylic oxidation sites excluding steroid dienone is 4. The number of rotatable bonds is 0. The summed E-state index contributed by atoms with van der Waals surface area (Å²) in [6.07, 6.45) is 9.55. The summed E-state index contributed by atoms with van der Waals surface area (Å²) in [7, 11) is 1.41. The van der Waals surface area contributed by atoms with E-state index in [2.05, 4.69) is 30.1 Å². The van der Waals surface area contributed by atoms with E-state index in [1.54, 1.807) is 0 Å². The van der Waals surface area contributed by atoms with E-state index in [0.29, 0.717) is 0 Å². The fourth-order valence-electron chi connectivity index (χ4n) is 0.436. The zero-order valence-corrected chi connectivity index (χ0v) is 4.94. The molecule has 0 spiro atoms. The first-order chi connectivity index (χ1) is 3.50. The Labute approximate surface area is 45.4 Å². The third-order valence-electron chi connectivity index (χ3n) is 0.761. The van der Waals surface area contributed by atoms with E-state index in [1.807, 2.05) is 0 Å². The van der Waals surface area contributed by atoms with Gasteiger partial charge in [0.05, 0.1) is 0 Å². The lowest BCUT2D eigenvalue weighted by atomic mass is 10.5. The van der Waals surface area contributed by atoms with Gasteiger partial charge in [-0.2, -0.15) is 0 Å². The highest BCUT2D eigenvalue weighted by Gasteiger charge is 1.71. The second-order valence-corrected chi connectivity index (χ2v) is 2.36. The molecule has 1 aliphatic heterocycles. The third kappa shape index (κ3) is 1.70. The van der Waals surface area contributed by atoms with Crippen LogP contribution >= 0.6 is 8.20 Å². The van der Waals surface area contributed by atoms with Crippen molar-refractivity contribution in [1.82, 2.24) is 0 Å². The van der Waals surface area contributed by atoms with Crippen molar-refractivity contribution in [3.05, 3.63) is 24.3 Å². The SMILES string of the molecule is C1=CC=PCC=C1. The van der Waals surface area contributed by atoms with Crippen LogP contribution in [-0.2, 0) is 0 Å².